The number of carboxylic acids is 2. The zero-order chi connectivity index (χ0) is 16.2. The minimum Gasteiger partial charge on any atom is -0.479 e. The van der Waals surface area contributed by atoms with Crippen molar-refractivity contribution in [1.29, 1.82) is 0 Å². The van der Waals surface area contributed by atoms with Gasteiger partial charge in [0, 0.05) is 5.22 Å². The van der Waals surface area contributed by atoms with Crippen molar-refractivity contribution < 1.29 is 19.8 Å². The first-order valence-electron chi connectivity index (χ1n) is 8.20. The molecular formula is C18H19NO4. The van der Waals surface area contributed by atoms with Gasteiger partial charge in [-0.1, -0.05) is 25.0 Å². The fourth-order valence-corrected chi connectivity index (χ4v) is 3.65. The highest BCUT2D eigenvalue weighted by Crippen LogP contribution is 2.42. The van der Waals surface area contributed by atoms with Gasteiger partial charge in [0.2, 0.25) is 0 Å². The fourth-order valence-electron chi connectivity index (χ4n) is 3.65. The molecule has 1 atom stereocenters. The Morgan fingerprint density at radius 1 is 1.13 bits per heavy atom. The Balaban J connectivity index is 1.96. The van der Waals surface area contributed by atoms with Crippen LogP contribution in [0.3, 0.4) is 0 Å². The Morgan fingerprint density at radius 2 is 1.83 bits per heavy atom. The number of carboxylic acid groups (broad SMARTS) is 2. The molecule has 0 spiro atoms. The van der Waals surface area contributed by atoms with E-state index in [1.807, 2.05) is 12.1 Å². The Bertz CT molecular complexity index is 820. The molecule has 5 heteroatoms. The second-order valence-electron chi connectivity index (χ2n) is 7.06. The van der Waals surface area contributed by atoms with Crippen LogP contribution in [0.2, 0.25) is 0 Å². The Hall–Kier alpha value is -2.17. The average Bonchev–Trinajstić information content (AvgIpc) is 3.38. The van der Waals surface area contributed by atoms with E-state index in [4.69, 9.17) is 0 Å². The normalized spacial score (nSPS) is 25.8. The van der Waals surface area contributed by atoms with Crippen LogP contribution in [-0.4, -0.2) is 27.7 Å². The molecule has 0 radical (unpaired) electrons. The van der Waals surface area contributed by atoms with E-state index >= 15 is 0 Å². The molecular weight excluding hydrogens is 294 g/mol. The van der Waals surface area contributed by atoms with Gasteiger partial charge in [0.1, 0.15) is 0 Å². The molecule has 2 saturated carbocycles. The van der Waals surface area contributed by atoms with Crippen LogP contribution in [0.25, 0.3) is 5.57 Å². The molecule has 0 saturated heterocycles. The summed E-state index contributed by atoms with van der Waals surface area (Å²) in [6, 6.07) is 5.52. The average molecular weight is 313 g/mol. The summed E-state index contributed by atoms with van der Waals surface area (Å²) in [4.78, 5) is 28.5. The summed E-state index contributed by atoms with van der Waals surface area (Å²) in [5.74, 6) is -1.43. The lowest BCUT2D eigenvalue weighted by molar-refractivity contribution is -0.143. The van der Waals surface area contributed by atoms with Crippen molar-refractivity contribution >= 4 is 17.5 Å². The molecule has 5 nitrogen and oxygen atoms in total. The van der Waals surface area contributed by atoms with E-state index in [2.05, 4.69) is 4.99 Å². The summed E-state index contributed by atoms with van der Waals surface area (Å²) < 4.78 is 0. The summed E-state index contributed by atoms with van der Waals surface area (Å²) in [5, 5.41) is 20.7. The van der Waals surface area contributed by atoms with Gasteiger partial charge in [-0.2, -0.15) is 0 Å². The highest BCUT2D eigenvalue weighted by molar-refractivity contribution is 6.19. The fraction of sp³-hybridized carbons (Fsp3) is 0.500. The third kappa shape index (κ3) is 2.35. The molecule has 1 unspecified atom stereocenters. The van der Waals surface area contributed by atoms with Crippen molar-refractivity contribution in [3.05, 3.63) is 34.3 Å². The second kappa shape index (κ2) is 4.91. The van der Waals surface area contributed by atoms with E-state index in [-0.39, 0.29) is 11.5 Å². The molecule has 1 aromatic carbocycles. The van der Waals surface area contributed by atoms with Gasteiger partial charge in [0.15, 0.2) is 5.54 Å². The maximum absolute atomic E-state index is 12.0. The Kier molecular flexibility index (Phi) is 3.08. The molecule has 2 aliphatic carbocycles. The van der Waals surface area contributed by atoms with Crippen LogP contribution in [0.1, 0.15) is 37.7 Å². The number of hydrogen-bond donors (Lipinski definition) is 2. The molecule has 1 aliphatic heterocycles. The summed E-state index contributed by atoms with van der Waals surface area (Å²) in [6.07, 6.45) is 5.35. The smallest absolute Gasteiger partial charge is 0.336 e. The highest BCUT2D eigenvalue weighted by atomic mass is 16.4. The van der Waals surface area contributed by atoms with Gasteiger partial charge in [-0.15, -0.1) is 0 Å². The van der Waals surface area contributed by atoms with Crippen molar-refractivity contribution in [3.8, 4) is 0 Å². The van der Waals surface area contributed by atoms with Crippen molar-refractivity contribution in [3.63, 3.8) is 0 Å². The van der Waals surface area contributed by atoms with Crippen molar-refractivity contribution in [2.24, 2.45) is 16.8 Å². The first kappa shape index (κ1) is 14.4. The van der Waals surface area contributed by atoms with Crippen molar-refractivity contribution in [1.82, 2.24) is 0 Å². The molecule has 0 bridgehead atoms. The molecule has 0 aromatic heterocycles. The quantitative estimate of drug-likeness (QED) is 0.824. The number of aliphatic carboxylic acids is 2. The molecule has 0 amide bonds. The van der Waals surface area contributed by atoms with E-state index in [0.29, 0.717) is 22.9 Å². The summed E-state index contributed by atoms with van der Waals surface area (Å²) in [7, 11) is 0. The van der Waals surface area contributed by atoms with Crippen LogP contribution in [0.15, 0.2) is 23.2 Å². The van der Waals surface area contributed by atoms with E-state index in [0.717, 1.165) is 37.7 Å². The third-order valence-electron chi connectivity index (χ3n) is 5.16. The lowest BCUT2D eigenvalue weighted by Gasteiger charge is -2.23. The van der Waals surface area contributed by atoms with Crippen LogP contribution in [0.4, 0.5) is 0 Å². The Morgan fingerprint density at radius 3 is 2.39 bits per heavy atom. The van der Waals surface area contributed by atoms with Crippen molar-refractivity contribution in [2.75, 3.05) is 0 Å². The van der Waals surface area contributed by atoms with Crippen LogP contribution in [0.5, 0.6) is 0 Å². The van der Waals surface area contributed by atoms with Gasteiger partial charge in [-0.05, 0) is 49.1 Å². The maximum atomic E-state index is 12.0. The highest BCUT2D eigenvalue weighted by Gasteiger charge is 2.51. The molecule has 23 heavy (non-hydrogen) atoms. The molecule has 1 heterocycles. The van der Waals surface area contributed by atoms with Gasteiger partial charge in [0.05, 0.1) is 10.9 Å². The number of hydrogen-bond acceptors (Lipinski definition) is 3. The molecule has 3 aliphatic rings. The monoisotopic (exact) mass is 313 g/mol. The van der Waals surface area contributed by atoms with Gasteiger partial charge >= 0.3 is 11.9 Å². The van der Waals surface area contributed by atoms with Crippen LogP contribution < -0.4 is 10.6 Å². The standard InChI is InChI=1S/C18H19NO4/c20-16(21)15-14-12(8-10-4-5-10)2-1-3-13(14)19-18(15,17(22)23)9-11-6-7-11/h1-3,10-11H,4-9H2,(H,20,21)(H,22,23). The largest absolute Gasteiger partial charge is 0.479 e. The minimum absolute atomic E-state index is 0.0249. The van der Waals surface area contributed by atoms with E-state index in [1.165, 1.54) is 0 Å². The zero-order valence-corrected chi connectivity index (χ0v) is 12.8. The number of nitrogens with zero attached hydrogens (tertiary/aromatic N) is 1. The lowest BCUT2D eigenvalue weighted by Crippen LogP contribution is -2.41. The molecule has 4 rings (SSSR count). The predicted molar refractivity (Wildman–Crippen MR) is 82.4 cm³/mol. The van der Waals surface area contributed by atoms with E-state index in [9.17, 15) is 19.8 Å². The third-order valence-corrected chi connectivity index (χ3v) is 5.16. The number of carbonyl (C=O) groups is 2. The first-order valence-corrected chi connectivity index (χ1v) is 8.20. The molecule has 120 valence electrons. The van der Waals surface area contributed by atoms with Crippen LogP contribution in [0, 0.1) is 11.8 Å². The predicted octanol–water partition coefficient (Wildman–Crippen LogP) is 1.13. The van der Waals surface area contributed by atoms with Crippen molar-refractivity contribution in [2.45, 2.75) is 44.1 Å². The van der Waals surface area contributed by atoms with E-state index in [1.54, 1.807) is 6.07 Å². The number of fused-ring (bicyclic) bond motifs is 1. The Labute approximate surface area is 133 Å². The minimum atomic E-state index is -1.62. The van der Waals surface area contributed by atoms with Crippen LogP contribution >= 0.6 is 0 Å². The maximum Gasteiger partial charge on any atom is 0.336 e. The summed E-state index contributed by atoms with van der Waals surface area (Å²) in [6.45, 7) is 0. The molecule has 2 N–H and O–H groups in total. The molecule has 2 fully saturated rings. The van der Waals surface area contributed by atoms with Crippen LogP contribution in [-0.2, 0) is 16.0 Å². The van der Waals surface area contributed by atoms with Gasteiger partial charge < -0.3 is 10.2 Å². The summed E-state index contributed by atoms with van der Waals surface area (Å²) in [5.41, 5.74) is -0.706. The summed E-state index contributed by atoms with van der Waals surface area (Å²) >= 11 is 0. The van der Waals surface area contributed by atoms with Gasteiger partial charge in [-0.3, -0.25) is 4.99 Å². The van der Waals surface area contributed by atoms with E-state index < -0.39 is 17.5 Å². The van der Waals surface area contributed by atoms with Gasteiger partial charge in [0.25, 0.3) is 0 Å². The molecule has 1 aromatic rings. The SMILES string of the molecule is O=C(O)C1=c2c(CC3CC3)cccc2=NC1(CC1CC1)C(=O)O. The number of rotatable bonds is 6. The van der Waals surface area contributed by atoms with Gasteiger partial charge in [-0.25, -0.2) is 9.59 Å². The second-order valence-corrected chi connectivity index (χ2v) is 7.06. The zero-order valence-electron chi connectivity index (χ0n) is 12.8. The lowest BCUT2D eigenvalue weighted by atomic mass is 9.84. The number of benzene rings is 1. The topological polar surface area (TPSA) is 87.0 Å². The first-order chi connectivity index (χ1) is 11.0.